The fourth-order valence-corrected chi connectivity index (χ4v) is 7.11. The van der Waals surface area contributed by atoms with Crippen molar-refractivity contribution in [1.29, 1.82) is 0 Å². The quantitative estimate of drug-likeness (QED) is 0.114. The maximum atomic E-state index is 12.5. The zero-order valence-corrected chi connectivity index (χ0v) is 27.6. The van der Waals surface area contributed by atoms with Crippen LogP contribution < -0.4 is 20.7 Å². The number of carbonyl (C=O) groups excluding carboxylic acids is 1. The first-order chi connectivity index (χ1) is 24.0. The maximum absolute atomic E-state index is 12.5. The van der Waals surface area contributed by atoms with Crippen molar-refractivity contribution >= 4 is 17.9 Å². The summed E-state index contributed by atoms with van der Waals surface area (Å²) in [6.07, 6.45) is 5.07. The van der Waals surface area contributed by atoms with E-state index in [2.05, 4.69) is 45.1 Å². The Labute approximate surface area is 287 Å². The van der Waals surface area contributed by atoms with Crippen molar-refractivity contribution in [2.45, 2.75) is 44.7 Å². The second-order valence-electron chi connectivity index (χ2n) is 13.1. The molecule has 9 nitrogen and oxygen atoms in total. The molecule has 5 N–H and O–H groups in total. The van der Waals surface area contributed by atoms with Gasteiger partial charge in [-0.15, -0.1) is 0 Å². The van der Waals surface area contributed by atoms with Gasteiger partial charge in [-0.25, -0.2) is 4.79 Å². The minimum absolute atomic E-state index is 0.00226. The fraction of sp³-hybridized carbons (Fsp3) is 0.325. The van der Waals surface area contributed by atoms with Gasteiger partial charge in [0.05, 0.1) is 11.8 Å². The van der Waals surface area contributed by atoms with Crippen molar-refractivity contribution in [3.05, 3.63) is 119 Å². The lowest BCUT2D eigenvalue weighted by molar-refractivity contribution is -0.0332. The predicted octanol–water partition coefficient (Wildman–Crippen LogP) is 6.22. The van der Waals surface area contributed by atoms with Crippen LogP contribution in [0.2, 0.25) is 0 Å². The molecule has 2 atom stereocenters. The van der Waals surface area contributed by atoms with Crippen LogP contribution in [0.3, 0.4) is 0 Å². The third-order valence-electron chi connectivity index (χ3n) is 9.87. The third kappa shape index (κ3) is 7.91. The van der Waals surface area contributed by atoms with Gasteiger partial charge in [0.1, 0.15) is 24.2 Å². The Morgan fingerprint density at radius 1 is 0.939 bits per heavy atom. The number of aromatic hydroxyl groups is 1. The van der Waals surface area contributed by atoms with Gasteiger partial charge in [-0.2, -0.15) is 0 Å². The van der Waals surface area contributed by atoms with Crippen LogP contribution in [0.5, 0.6) is 11.5 Å². The van der Waals surface area contributed by atoms with Crippen LogP contribution >= 0.6 is 0 Å². The molecule has 2 bridgehead atoms. The Balaban J connectivity index is 0.896. The number of carbonyl (C=O) groups is 1. The minimum Gasteiger partial charge on any atom is -0.506 e. The fourth-order valence-electron chi connectivity index (χ4n) is 7.11. The SMILES string of the molecule is O=C(NCc1cccc(-c2ccc(OCc3ccccc3CNC[C@H](O)c3ccc(O)c4c3C=CCN4)cc2)c1)O[C@H]1CN2CCC1CC2. The Morgan fingerprint density at radius 2 is 1.76 bits per heavy atom. The predicted molar refractivity (Wildman–Crippen MR) is 191 cm³/mol. The molecule has 0 unspecified atom stereocenters. The van der Waals surface area contributed by atoms with Crippen LogP contribution in [0.4, 0.5) is 10.5 Å². The first kappa shape index (κ1) is 32.7. The first-order valence-electron chi connectivity index (χ1n) is 17.2. The number of ether oxygens (including phenoxy) is 2. The van der Waals surface area contributed by atoms with E-state index in [1.807, 2.05) is 60.7 Å². The lowest BCUT2D eigenvalue weighted by Crippen LogP contribution is -2.52. The Morgan fingerprint density at radius 3 is 2.55 bits per heavy atom. The number of phenols is 1. The molecule has 4 aliphatic rings. The van der Waals surface area contributed by atoms with Gasteiger partial charge < -0.3 is 35.6 Å². The molecule has 3 fully saturated rings. The Bertz CT molecular complexity index is 1780. The van der Waals surface area contributed by atoms with E-state index in [0.717, 1.165) is 77.2 Å². The largest absolute Gasteiger partial charge is 0.506 e. The first-order valence-corrected chi connectivity index (χ1v) is 17.2. The van der Waals surface area contributed by atoms with Gasteiger partial charge in [-0.3, -0.25) is 4.90 Å². The van der Waals surface area contributed by atoms with Gasteiger partial charge in [0.2, 0.25) is 0 Å². The van der Waals surface area contributed by atoms with Crippen LogP contribution in [0.1, 0.15) is 46.8 Å². The zero-order chi connectivity index (χ0) is 33.6. The van der Waals surface area contributed by atoms with E-state index in [1.54, 1.807) is 12.1 Å². The lowest BCUT2D eigenvalue weighted by Gasteiger charge is -2.43. The van der Waals surface area contributed by atoms with Crippen molar-refractivity contribution in [2.75, 3.05) is 38.0 Å². The summed E-state index contributed by atoms with van der Waals surface area (Å²) >= 11 is 0. The van der Waals surface area contributed by atoms with Gasteiger partial charge in [-0.1, -0.05) is 72.8 Å². The molecular weight excluding hydrogens is 616 g/mol. The molecule has 0 aromatic heterocycles. The van der Waals surface area contributed by atoms with Crippen LogP contribution in [-0.4, -0.2) is 60.0 Å². The summed E-state index contributed by atoms with van der Waals surface area (Å²) in [6, 6.07) is 27.7. The maximum Gasteiger partial charge on any atom is 0.407 e. The molecule has 4 aliphatic heterocycles. The topological polar surface area (TPSA) is 115 Å². The van der Waals surface area contributed by atoms with Gasteiger partial charge >= 0.3 is 6.09 Å². The van der Waals surface area contributed by atoms with Crippen molar-refractivity contribution in [3.8, 4) is 22.6 Å². The number of phenolic OH excluding ortho intramolecular Hbond substituents is 1. The molecule has 4 aromatic carbocycles. The molecule has 8 rings (SSSR count). The number of aliphatic hydroxyl groups is 1. The molecule has 49 heavy (non-hydrogen) atoms. The van der Waals surface area contributed by atoms with Crippen molar-refractivity contribution in [1.82, 2.24) is 15.5 Å². The number of nitrogens with one attached hydrogen (secondary N) is 3. The summed E-state index contributed by atoms with van der Waals surface area (Å²) < 4.78 is 12.0. The molecule has 254 valence electrons. The number of aliphatic hydroxyl groups excluding tert-OH is 1. The van der Waals surface area contributed by atoms with E-state index in [9.17, 15) is 15.0 Å². The zero-order valence-electron chi connectivity index (χ0n) is 27.6. The number of rotatable bonds is 12. The van der Waals surface area contributed by atoms with E-state index in [0.29, 0.717) is 44.4 Å². The van der Waals surface area contributed by atoms with E-state index >= 15 is 0 Å². The summed E-state index contributed by atoms with van der Waals surface area (Å²) in [4.78, 5) is 14.9. The molecule has 0 aliphatic carbocycles. The number of hydrogen-bond donors (Lipinski definition) is 5. The number of anilines is 1. The highest BCUT2D eigenvalue weighted by molar-refractivity contribution is 5.78. The summed E-state index contributed by atoms with van der Waals surface area (Å²) in [5.74, 6) is 1.44. The smallest absolute Gasteiger partial charge is 0.407 e. The van der Waals surface area contributed by atoms with Crippen molar-refractivity contribution in [3.63, 3.8) is 0 Å². The lowest BCUT2D eigenvalue weighted by atomic mass is 9.86. The van der Waals surface area contributed by atoms with E-state index in [1.165, 1.54) is 0 Å². The van der Waals surface area contributed by atoms with Crippen LogP contribution in [0.15, 0.2) is 91.0 Å². The molecule has 0 spiro atoms. The van der Waals surface area contributed by atoms with E-state index < -0.39 is 6.10 Å². The highest BCUT2D eigenvalue weighted by Crippen LogP contribution is 2.36. The molecule has 1 amide bonds. The normalized spacial score (nSPS) is 19.8. The number of benzene rings is 4. The molecule has 3 saturated heterocycles. The third-order valence-corrected chi connectivity index (χ3v) is 9.87. The van der Waals surface area contributed by atoms with Crippen LogP contribution in [0, 0.1) is 5.92 Å². The number of alkyl carbamates (subject to hydrolysis) is 1. The second kappa shape index (κ2) is 15.2. The molecule has 0 saturated carbocycles. The van der Waals surface area contributed by atoms with Gasteiger partial charge in [0.25, 0.3) is 0 Å². The Kier molecular flexibility index (Phi) is 10.1. The molecular formula is C40H44N4O5. The highest BCUT2D eigenvalue weighted by Gasteiger charge is 2.36. The second-order valence-corrected chi connectivity index (χ2v) is 13.1. The van der Waals surface area contributed by atoms with Crippen molar-refractivity contribution < 1.29 is 24.5 Å². The van der Waals surface area contributed by atoms with E-state index in [4.69, 9.17) is 9.47 Å². The summed E-state index contributed by atoms with van der Waals surface area (Å²) in [5.41, 5.74) is 7.55. The monoisotopic (exact) mass is 660 g/mol. The Hall–Kier alpha value is -4.83. The van der Waals surface area contributed by atoms with Gasteiger partial charge in [0, 0.05) is 38.3 Å². The number of hydrogen-bond acceptors (Lipinski definition) is 8. The molecule has 0 radical (unpaired) electrons. The average molecular weight is 661 g/mol. The average Bonchev–Trinajstić information content (AvgIpc) is 3.14. The van der Waals surface area contributed by atoms with Gasteiger partial charge in [-0.05, 0) is 89.5 Å². The number of piperidine rings is 3. The molecule has 9 heteroatoms. The van der Waals surface area contributed by atoms with E-state index in [-0.39, 0.29) is 17.9 Å². The summed E-state index contributed by atoms with van der Waals surface area (Å²) in [5, 5.41) is 30.6. The van der Waals surface area contributed by atoms with Crippen LogP contribution in [0.25, 0.3) is 17.2 Å². The number of fused-ring (bicyclic) bond motifs is 4. The standard InChI is InChI=1S/C40H44N4O5/c45-36-15-14-34(35-9-4-18-42-39(35)36)37(46)24-41-23-31-6-1-2-7-32(31)26-48-33-12-10-28(11-13-33)30-8-3-5-27(21-30)22-43-40(47)49-38-25-44-19-16-29(38)17-20-44/h1-15,21,29,37-38,41-42,45-46H,16-20,22-26H2,(H,43,47)/t37-,38-/m0/s1. The summed E-state index contributed by atoms with van der Waals surface area (Å²) in [7, 11) is 0. The number of amides is 1. The molecule has 4 heterocycles. The van der Waals surface area contributed by atoms with Gasteiger partial charge in [0.15, 0.2) is 0 Å². The number of nitrogens with zero attached hydrogens (tertiary/aromatic N) is 1. The highest BCUT2D eigenvalue weighted by atomic mass is 16.6. The summed E-state index contributed by atoms with van der Waals surface area (Å²) in [6.45, 7) is 5.50. The molecule has 4 aromatic rings. The van der Waals surface area contributed by atoms with Crippen molar-refractivity contribution in [2.24, 2.45) is 5.92 Å². The van der Waals surface area contributed by atoms with Crippen LogP contribution in [-0.2, 0) is 24.4 Å². The minimum atomic E-state index is -0.728.